The zero-order chi connectivity index (χ0) is 74.0. The minimum absolute atomic E-state index is 0.234. The first-order valence-corrected chi connectivity index (χ1v) is 54.6. The topological polar surface area (TPSA) is 217 Å². The molecule has 0 spiro atoms. The summed E-state index contributed by atoms with van der Waals surface area (Å²) in [6.07, 6.45) is 10.5. The van der Waals surface area contributed by atoms with Crippen molar-refractivity contribution in [3.8, 4) is 0 Å². The smallest absolute Gasteiger partial charge is 0.372 e. The van der Waals surface area contributed by atoms with Gasteiger partial charge in [0.1, 0.15) is 0 Å². The minimum atomic E-state index is -2.63. The molecule has 28 nitrogen and oxygen atoms in total. The molecule has 0 amide bonds. The van der Waals surface area contributed by atoms with Crippen molar-refractivity contribution in [3.05, 3.63) is 30.3 Å². The van der Waals surface area contributed by atoms with Crippen LogP contribution >= 0.6 is 0 Å². The third-order valence-electron chi connectivity index (χ3n) is 20.8. The van der Waals surface area contributed by atoms with Crippen molar-refractivity contribution < 1.29 is 92.9 Å². The van der Waals surface area contributed by atoms with Crippen LogP contribution in [0.3, 0.4) is 0 Å². The molecule has 0 N–H and O–H groups in total. The molecular formula is C70H139N7O21Si7. The second-order valence-electron chi connectivity index (χ2n) is 29.6. The lowest BCUT2D eigenvalue weighted by atomic mass is 10.1. The molecule has 0 saturated carbocycles. The normalized spacial score (nSPS) is 38.4. The van der Waals surface area contributed by atoms with Crippen LogP contribution in [0.5, 0.6) is 0 Å². The molecule has 21 aliphatic rings. The first-order chi connectivity index (χ1) is 51.0. The van der Waals surface area contributed by atoms with Gasteiger partial charge in [-0.25, -0.2) is 0 Å². The number of fused-ring (bicyclic) bond motifs is 42. The van der Waals surface area contributed by atoms with Gasteiger partial charge in [-0.15, -0.1) is 0 Å². The number of nitrogens with zero attached hydrogens (tertiary/aromatic N) is 7. The Morgan fingerprint density at radius 2 is 0.657 bits per heavy atom. The van der Waals surface area contributed by atoms with Gasteiger partial charge in [0.25, 0.3) is 0 Å². The van der Waals surface area contributed by atoms with Crippen molar-refractivity contribution >= 4 is 66.8 Å². The summed E-state index contributed by atoms with van der Waals surface area (Å²) in [6, 6.07) is 13.9. The maximum absolute atomic E-state index is 6.10. The Morgan fingerprint density at radius 1 is 0.333 bits per heavy atom. The molecule has 21 aliphatic heterocycles. The Morgan fingerprint density at radius 3 is 1.03 bits per heavy atom. The molecule has 2 atom stereocenters. The SMILES string of the molecule is CC(C)C[Si]12OCCN(CCO1)CCO2.CC1CN2CCO[Si](C)(OCC2)O1.CCC1CN2CCO[Si](CC)(OCC2)O1.CCCCCCCC[Si]12OCCN(CCO1)CCO2.CCC[Si]12OCCN(CCO1)CCO2.C[Si]12OCCN(CCO1)CCO2.c1ccc([Si]23OCCN(CCO2)CCO3)cc1. The Bertz CT molecular complexity index is 2360. The lowest BCUT2D eigenvalue weighted by molar-refractivity contribution is -0.0411. The van der Waals surface area contributed by atoms with Gasteiger partial charge in [-0.05, 0) is 25.7 Å². The van der Waals surface area contributed by atoms with E-state index in [2.05, 4.69) is 82.8 Å². The fourth-order valence-electron chi connectivity index (χ4n) is 14.7. The molecule has 14 bridgehead atoms. The van der Waals surface area contributed by atoms with E-state index in [1.54, 1.807) is 0 Å². The molecule has 0 radical (unpaired) electrons. The minimum Gasteiger partial charge on any atom is -0.372 e. The van der Waals surface area contributed by atoms with Crippen molar-refractivity contribution in [1.82, 2.24) is 34.3 Å². The average molecular weight is 1610 g/mol. The van der Waals surface area contributed by atoms with E-state index in [0.29, 0.717) is 25.7 Å². The van der Waals surface area contributed by atoms with Crippen LogP contribution in [-0.2, 0) is 92.9 Å². The maximum atomic E-state index is 6.10. The van der Waals surface area contributed by atoms with Crippen molar-refractivity contribution in [3.63, 3.8) is 0 Å². The molecule has 21 heterocycles. The summed E-state index contributed by atoms with van der Waals surface area (Å²) in [5.74, 6) is 0.576. The summed E-state index contributed by atoms with van der Waals surface area (Å²) in [5.41, 5.74) is 0. The van der Waals surface area contributed by atoms with E-state index in [9.17, 15) is 0 Å². The van der Waals surface area contributed by atoms with Crippen LogP contribution in [-0.4, -0.2) is 371 Å². The van der Waals surface area contributed by atoms with Gasteiger partial charge in [-0.3, -0.25) is 34.3 Å². The van der Waals surface area contributed by atoms with Gasteiger partial charge in [-0.1, -0.05) is 110 Å². The third-order valence-corrected chi connectivity index (χ3v) is 40.1. The Kier molecular flexibility index (Phi) is 39.5. The predicted octanol–water partition coefficient (Wildman–Crippen LogP) is 5.91. The summed E-state index contributed by atoms with van der Waals surface area (Å²) < 4.78 is 123. The monoisotopic (exact) mass is 1610 g/mol. The molecular weight excluding hydrogens is 1470 g/mol. The second-order valence-corrected chi connectivity index (χ2v) is 48.3. The molecule has 1 aromatic carbocycles. The van der Waals surface area contributed by atoms with Crippen molar-refractivity contribution in [1.29, 1.82) is 0 Å². The Balaban J connectivity index is 0.000000142. The highest BCUT2D eigenvalue weighted by Crippen LogP contribution is 2.29. The average Bonchev–Trinajstić information content (AvgIpc) is 0.798. The van der Waals surface area contributed by atoms with Gasteiger partial charge in [0.2, 0.25) is 0 Å². The van der Waals surface area contributed by atoms with Gasteiger partial charge < -0.3 is 92.9 Å². The summed E-state index contributed by atoms with van der Waals surface area (Å²) in [6.45, 7) is 54.9. The van der Waals surface area contributed by atoms with Crippen LogP contribution in [0, 0.1) is 5.92 Å². The standard InChI is InChI=1S/C14H29NO3Si.C12H17NO3Si.2C10H21NO3Si.C9H19NO3Si.C8H17NO3Si.C7H15NO3Si/c1-2-3-4-5-6-7-14-19-16-11-8-15(9-12-17-19)10-13-18-19;1-2-4-12(5-3-1)17-14-9-6-13(7-10-15-17)8-11-16-17;1-10(2)9-15-12-6-3-11(4-7-13-15)5-8-14-15;1-3-10-9-11-5-7-12-15(4-2,14-10)13-8-6-11;1-2-9-14-11-6-3-10(4-7-12-14)5-8-13-14;1-8-7-9-3-5-10-13(2,12-8)11-6-4-9;1-12-9-5-2-8(3-6-10-12)4-7-11-12/h2-14H2,1H3;1-5H,6-11H2;2*10H,3-9H2,1-2H3;2-9H2,1H3;8H,3-7H2,1-2H3;2-7H2,1H3. The zero-order valence-corrected chi connectivity index (χ0v) is 73.1. The van der Waals surface area contributed by atoms with Gasteiger partial charge in [0.05, 0.1) is 138 Å². The van der Waals surface area contributed by atoms with Gasteiger partial charge >= 0.3 is 61.6 Å². The van der Waals surface area contributed by atoms with Gasteiger partial charge in [0, 0.05) is 180 Å². The Labute approximate surface area is 639 Å². The molecule has 21 saturated heterocycles. The fraction of sp³-hybridized carbons (Fsp3) is 0.914. The molecule has 35 heteroatoms. The first-order valence-electron chi connectivity index (χ1n) is 40.7. The van der Waals surface area contributed by atoms with Gasteiger partial charge in [0.15, 0.2) is 0 Å². The van der Waals surface area contributed by atoms with E-state index >= 15 is 0 Å². The largest absolute Gasteiger partial charge is 0.537 e. The van der Waals surface area contributed by atoms with E-state index in [0.717, 1.165) is 285 Å². The third kappa shape index (κ3) is 30.4. The number of hydrogen-bond donors (Lipinski definition) is 0. The first kappa shape index (κ1) is 88.6. The maximum Gasteiger partial charge on any atom is 0.537 e. The van der Waals surface area contributed by atoms with Gasteiger partial charge in [-0.2, -0.15) is 0 Å². The van der Waals surface area contributed by atoms with Crippen LogP contribution in [0.2, 0.25) is 37.3 Å². The number of unbranched alkanes of at least 4 members (excludes halogenated alkanes) is 5. The fourth-order valence-corrected chi connectivity index (χ4v) is 31.0. The quantitative estimate of drug-likeness (QED) is 0.156. The van der Waals surface area contributed by atoms with Crippen molar-refractivity contribution in [2.24, 2.45) is 5.92 Å². The zero-order valence-electron chi connectivity index (χ0n) is 66.1. The van der Waals surface area contributed by atoms with Crippen LogP contribution < -0.4 is 5.19 Å². The van der Waals surface area contributed by atoms with Crippen LogP contribution in [0.4, 0.5) is 0 Å². The number of hydrogen-bond acceptors (Lipinski definition) is 28. The molecule has 0 aliphatic carbocycles. The molecule has 21 fully saturated rings. The molecule has 22 rings (SSSR count). The van der Waals surface area contributed by atoms with E-state index < -0.39 is 61.6 Å². The lowest BCUT2D eigenvalue weighted by Gasteiger charge is -2.41. The van der Waals surface area contributed by atoms with E-state index in [1.165, 1.54) is 38.5 Å². The highest BCUT2D eigenvalue weighted by molar-refractivity contribution is 6.75. The van der Waals surface area contributed by atoms with Crippen LogP contribution in [0.25, 0.3) is 0 Å². The summed E-state index contributed by atoms with van der Waals surface area (Å²) in [4.78, 5) is 16.4. The molecule has 1 aromatic rings. The molecule has 2 unspecified atom stereocenters. The summed E-state index contributed by atoms with van der Waals surface area (Å²) in [5, 5.41) is 1.08. The van der Waals surface area contributed by atoms with Crippen molar-refractivity contribution in [2.75, 3.05) is 263 Å². The highest BCUT2D eigenvalue weighted by Gasteiger charge is 2.50. The highest BCUT2D eigenvalue weighted by atomic mass is 28.4. The lowest BCUT2D eigenvalue weighted by Crippen LogP contribution is -2.62. The molecule has 608 valence electrons. The number of benzene rings is 1. The van der Waals surface area contributed by atoms with E-state index in [-0.39, 0.29) is 12.2 Å². The summed E-state index contributed by atoms with van der Waals surface area (Å²) >= 11 is 0. The van der Waals surface area contributed by atoms with Crippen molar-refractivity contribution in [2.45, 2.75) is 149 Å². The molecule has 105 heavy (non-hydrogen) atoms. The number of rotatable bonds is 14. The van der Waals surface area contributed by atoms with E-state index in [1.807, 2.05) is 43.4 Å². The Hall–Kier alpha value is -0.382. The summed E-state index contributed by atoms with van der Waals surface area (Å²) in [7, 11) is -16.3. The second kappa shape index (κ2) is 46.8. The predicted molar refractivity (Wildman–Crippen MR) is 415 cm³/mol. The van der Waals surface area contributed by atoms with Crippen LogP contribution in [0.1, 0.15) is 99.8 Å². The van der Waals surface area contributed by atoms with E-state index in [4.69, 9.17) is 92.9 Å². The molecule has 0 aromatic heterocycles. The van der Waals surface area contributed by atoms with Crippen LogP contribution in [0.15, 0.2) is 30.3 Å².